The molecule has 2 aromatic carbocycles. The predicted molar refractivity (Wildman–Crippen MR) is 143 cm³/mol. The predicted octanol–water partition coefficient (Wildman–Crippen LogP) is 5.53. The van der Waals surface area contributed by atoms with E-state index in [1.54, 1.807) is 30.3 Å². The van der Waals surface area contributed by atoms with Gasteiger partial charge in [0.1, 0.15) is 11.5 Å². The number of benzene rings is 2. The fourth-order valence-electron chi connectivity index (χ4n) is 4.81. The van der Waals surface area contributed by atoms with Gasteiger partial charge in [-0.2, -0.15) is 5.26 Å². The van der Waals surface area contributed by atoms with E-state index >= 15 is 0 Å². The molecule has 1 amide bonds. The van der Waals surface area contributed by atoms with Crippen molar-refractivity contribution in [1.82, 2.24) is 20.2 Å². The molecule has 2 fully saturated rings. The van der Waals surface area contributed by atoms with Crippen molar-refractivity contribution in [3.63, 3.8) is 0 Å². The van der Waals surface area contributed by atoms with Gasteiger partial charge in [-0.05, 0) is 73.8 Å². The number of aromatic nitrogens is 2. The Morgan fingerprint density at radius 2 is 1.77 bits per heavy atom. The summed E-state index contributed by atoms with van der Waals surface area (Å²) in [5.74, 6) is -2.61. The summed E-state index contributed by atoms with van der Waals surface area (Å²) in [6.07, 6.45) is 1.68. The quantitative estimate of drug-likeness (QED) is 0.370. The molecule has 2 heterocycles. The van der Waals surface area contributed by atoms with E-state index in [0.29, 0.717) is 41.0 Å². The minimum atomic E-state index is -2.74. The summed E-state index contributed by atoms with van der Waals surface area (Å²) in [6, 6.07) is 17.5. The topological polar surface area (TPSA) is 81.9 Å². The van der Waals surface area contributed by atoms with Crippen molar-refractivity contribution in [2.75, 3.05) is 19.6 Å². The number of likely N-dealkylation sites (tertiary alicyclic amines) is 1. The largest absolute Gasteiger partial charge is 0.337 e. The summed E-state index contributed by atoms with van der Waals surface area (Å²) in [5.41, 5.74) is 3.18. The number of aryl methyl sites for hydroxylation is 1. The third-order valence-electron chi connectivity index (χ3n) is 7.16. The van der Waals surface area contributed by atoms with Crippen LogP contribution in [0.4, 0.5) is 13.2 Å². The number of hydrogen-bond acceptors (Lipinski definition) is 5. The zero-order chi connectivity index (χ0) is 26.7. The molecule has 0 spiro atoms. The Hall–Kier alpha value is -3.48. The summed E-state index contributed by atoms with van der Waals surface area (Å²) in [7, 11) is 0. The lowest BCUT2D eigenvalue weighted by atomic mass is 10.1. The van der Waals surface area contributed by atoms with Gasteiger partial charge in [0, 0.05) is 49.1 Å². The Bertz CT molecular complexity index is 1330. The van der Waals surface area contributed by atoms with Crippen molar-refractivity contribution in [2.45, 2.75) is 50.0 Å². The van der Waals surface area contributed by atoms with E-state index in [9.17, 15) is 18.0 Å². The Morgan fingerprint density at radius 1 is 1.08 bits per heavy atom. The summed E-state index contributed by atoms with van der Waals surface area (Å²) in [6.45, 7) is 0.721. The maximum atomic E-state index is 13.6. The molecule has 6 nitrogen and oxygen atoms in total. The molecule has 204 valence electrons. The van der Waals surface area contributed by atoms with Gasteiger partial charge in [0.2, 0.25) is 0 Å². The van der Waals surface area contributed by atoms with E-state index in [4.69, 9.17) is 5.26 Å². The fourth-order valence-corrected chi connectivity index (χ4v) is 4.81. The molecule has 3 aromatic rings. The molecule has 10 heteroatoms. The van der Waals surface area contributed by atoms with Crippen molar-refractivity contribution < 1.29 is 18.0 Å². The standard InChI is InChI=1S/C29H28F3N5O.ClH/c30-22-9-7-20(8-10-22)24-17-25(24)34-13-1-2-23-16-26(28(38)37-14-11-29(31,32)12-15-37)36-27(35-23)21-5-3-19(18-33)4-6-21;/h3-10,16,24-25,34H,1-2,11-15,17H2;1H/t24-,25+;/m0./s1. The first-order chi connectivity index (χ1) is 18.3. The smallest absolute Gasteiger partial charge is 0.272 e. The third kappa shape index (κ3) is 7.14. The van der Waals surface area contributed by atoms with Crippen molar-refractivity contribution in [1.29, 1.82) is 5.26 Å². The molecule has 1 aliphatic carbocycles. The second kappa shape index (κ2) is 12.1. The lowest BCUT2D eigenvalue weighted by Crippen LogP contribution is -2.43. The van der Waals surface area contributed by atoms with Crippen LogP contribution in [0, 0.1) is 17.1 Å². The van der Waals surface area contributed by atoms with Crippen LogP contribution in [0.15, 0.2) is 54.6 Å². The number of alkyl halides is 2. The highest BCUT2D eigenvalue weighted by Gasteiger charge is 2.38. The molecule has 39 heavy (non-hydrogen) atoms. The molecule has 1 aliphatic heterocycles. The van der Waals surface area contributed by atoms with E-state index in [0.717, 1.165) is 24.9 Å². The highest BCUT2D eigenvalue weighted by molar-refractivity contribution is 5.93. The second-order valence-electron chi connectivity index (χ2n) is 9.96. The highest BCUT2D eigenvalue weighted by atomic mass is 35.5. The van der Waals surface area contributed by atoms with Gasteiger partial charge in [-0.1, -0.05) is 12.1 Å². The first-order valence-electron chi connectivity index (χ1n) is 12.9. The van der Waals surface area contributed by atoms with Crippen molar-refractivity contribution in [3.05, 3.63) is 82.9 Å². The van der Waals surface area contributed by atoms with Crippen molar-refractivity contribution in [2.24, 2.45) is 0 Å². The van der Waals surface area contributed by atoms with E-state index in [1.165, 1.54) is 17.0 Å². The van der Waals surface area contributed by atoms with Crippen LogP contribution in [0.5, 0.6) is 0 Å². The minimum Gasteiger partial charge on any atom is -0.337 e. The summed E-state index contributed by atoms with van der Waals surface area (Å²) in [4.78, 5) is 23.7. The van der Waals surface area contributed by atoms with Crippen LogP contribution < -0.4 is 5.32 Å². The highest BCUT2D eigenvalue weighted by Crippen LogP contribution is 2.40. The first kappa shape index (κ1) is 28.5. The van der Waals surface area contributed by atoms with Crippen LogP contribution in [-0.4, -0.2) is 52.4 Å². The van der Waals surface area contributed by atoms with E-state index in [2.05, 4.69) is 21.4 Å². The summed E-state index contributed by atoms with van der Waals surface area (Å²) < 4.78 is 40.4. The number of carbonyl (C=O) groups is 1. The number of nitrogens with one attached hydrogen (secondary N) is 1. The first-order valence-corrected chi connectivity index (χ1v) is 12.9. The molecule has 0 radical (unpaired) electrons. The molecule has 1 N–H and O–H groups in total. The third-order valence-corrected chi connectivity index (χ3v) is 7.16. The Balaban J connectivity index is 0.00000353. The number of rotatable bonds is 8. The zero-order valence-corrected chi connectivity index (χ0v) is 22.1. The molecule has 0 unspecified atom stereocenters. The van der Waals surface area contributed by atoms with E-state index in [-0.39, 0.29) is 55.8 Å². The second-order valence-corrected chi connectivity index (χ2v) is 9.96. The van der Waals surface area contributed by atoms with Crippen LogP contribution in [0.25, 0.3) is 11.4 Å². The van der Waals surface area contributed by atoms with Gasteiger partial charge in [0.05, 0.1) is 11.6 Å². The average Bonchev–Trinajstić information content (AvgIpc) is 3.70. The summed E-state index contributed by atoms with van der Waals surface area (Å²) >= 11 is 0. The molecule has 1 saturated carbocycles. The maximum absolute atomic E-state index is 13.6. The van der Waals surface area contributed by atoms with Crippen LogP contribution in [0.3, 0.4) is 0 Å². The minimum absolute atomic E-state index is 0. The Labute approximate surface area is 231 Å². The molecular weight excluding hydrogens is 527 g/mol. The molecule has 1 aromatic heterocycles. The number of hydrogen-bond donors (Lipinski definition) is 1. The summed E-state index contributed by atoms with van der Waals surface area (Å²) in [5, 5.41) is 12.6. The van der Waals surface area contributed by atoms with Gasteiger partial charge in [-0.25, -0.2) is 23.1 Å². The SMILES string of the molecule is Cl.N#Cc1ccc(-c2nc(CCCN[C@@H]3C[C@H]3c3ccc(F)cc3)cc(C(=O)N3CCC(F)(F)CC3)n2)cc1. The number of amides is 1. The lowest BCUT2D eigenvalue weighted by Gasteiger charge is -2.31. The molecular formula is C29H29ClF3N5O. The molecule has 2 aliphatic rings. The monoisotopic (exact) mass is 555 g/mol. The van der Waals surface area contributed by atoms with E-state index < -0.39 is 5.92 Å². The van der Waals surface area contributed by atoms with Crippen molar-refractivity contribution in [3.8, 4) is 17.5 Å². The zero-order valence-electron chi connectivity index (χ0n) is 21.2. The molecule has 5 rings (SSSR count). The number of nitrogens with zero attached hydrogens (tertiary/aromatic N) is 4. The number of halogens is 4. The number of carbonyl (C=O) groups excluding carboxylic acids is 1. The van der Waals surface area contributed by atoms with Gasteiger partial charge < -0.3 is 10.2 Å². The number of nitriles is 1. The molecule has 2 atom stereocenters. The van der Waals surface area contributed by atoms with E-state index in [1.807, 2.05) is 12.1 Å². The normalized spacial score (nSPS) is 19.6. The van der Waals surface area contributed by atoms with Gasteiger partial charge in [-0.15, -0.1) is 12.4 Å². The van der Waals surface area contributed by atoms with Gasteiger partial charge in [0.25, 0.3) is 11.8 Å². The van der Waals surface area contributed by atoms with Crippen LogP contribution in [-0.2, 0) is 6.42 Å². The van der Waals surface area contributed by atoms with Gasteiger partial charge in [0.15, 0.2) is 5.82 Å². The maximum Gasteiger partial charge on any atom is 0.272 e. The van der Waals surface area contributed by atoms with Crippen molar-refractivity contribution >= 4 is 18.3 Å². The van der Waals surface area contributed by atoms with Crippen LogP contribution in [0.2, 0.25) is 0 Å². The van der Waals surface area contributed by atoms with Gasteiger partial charge >= 0.3 is 0 Å². The van der Waals surface area contributed by atoms with Gasteiger partial charge in [-0.3, -0.25) is 4.79 Å². The number of piperidine rings is 1. The molecule has 1 saturated heterocycles. The Morgan fingerprint density at radius 3 is 2.44 bits per heavy atom. The lowest BCUT2D eigenvalue weighted by molar-refractivity contribution is -0.0495. The van der Waals surface area contributed by atoms with Crippen LogP contribution >= 0.6 is 12.4 Å². The Kier molecular flexibility index (Phi) is 8.88. The fraction of sp³-hybridized carbons (Fsp3) is 0.379. The average molecular weight is 556 g/mol. The molecule has 0 bridgehead atoms. The van der Waals surface area contributed by atoms with Crippen LogP contribution in [0.1, 0.15) is 58.9 Å².